The van der Waals surface area contributed by atoms with E-state index >= 15 is 0 Å². The largest absolute Gasteiger partial charge is 0.321 e. The average Bonchev–Trinajstić information content (AvgIpc) is 3.16. The Hall–Kier alpha value is -3.61. The summed E-state index contributed by atoms with van der Waals surface area (Å²) in [5.41, 5.74) is 1.21. The number of halogens is 1. The predicted molar refractivity (Wildman–Crippen MR) is 91.0 cm³/mol. The zero-order chi connectivity index (χ0) is 17.2. The number of anilines is 1. The predicted octanol–water partition coefficient (Wildman–Crippen LogP) is 3.21. The molecule has 0 aliphatic heterocycles. The molecule has 4 rings (SSSR count). The second-order valence-corrected chi connectivity index (χ2v) is 5.40. The monoisotopic (exact) mass is 333 g/mol. The number of nitrogens with one attached hydrogen (secondary N) is 1. The Bertz CT molecular complexity index is 1060. The third-order valence-electron chi connectivity index (χ3n) is 3.84. The van der Waals surface area contributed by atoms with E-state index in [1.165, 1.54) is 29.2 Å². The number of fused-ring (bicyclic) bond motifs is 1. The van der Waals surface area contributed by atoms with Crippen molar-refractivity contribution in [1.82, 2.24) is 20.2 Å². The average molecular weight is 333 g/mol. The second-order valence-electron chi connectivity index (χ2n) is 5.40. The van der Waals surface area contributed by atoms with Gasteiger partial charge in [-0.25, -0.2) is 4.39 Å². The maximum atomic E-state index is 13.6. The van der Waals surface area contributed by atoms with Crippen molar-refractivity contribution >= 4 is 22.4 Å². The van der Waals surface area contributed by atoms with Gasteiger partial charge in [0.05, 0.1) is 11.3 Å². The van der Waals surface area contributed by atoms with Crippen LogP contribution >= 0.6 is 0 Å². The number of nitrogens with zero attached hydrogens (tertiary/aromatic N) is 4. The molecule has 122 valence electrons. The molecule has 7 heteroatoms. The number of rotatable bonds is 3. The summed E-state index contributed by atoms with van der Waals surface area (Å²) in [5, 5.41) is 15.6. The van der Waals surface area contributed by atoms with Gasteiger partial charge in [-0.15, -0.1) is 5.10 Å². The molecule has 0 saturated carbocycles. The van der Waals surface area contributed by atoms with Gasteiger partial charge < -0.3 is 5.32 Å². The van der Waals surface area contributed by atoms with Crippen LogP contribution in [0.2, 0.25) is 0 Å². The summed E-state index contributed by atoms with van der Waals surface area (Å²) in [5.74, 6) is -0.853. The molecule has 6 nitrogen and oxygen atoms in total. The molecule has 1 aromatic heterocycles. The van der Waals surface area contributed by atoms with Gasteiger partial charge in [-0.3, -0.25) is 4.79 Å². The Balaban J connectivity index is 1.75. The first-order chi connectivity index (χ1) is 12.2. The Labute approximate surface area is 141 Å². The van der Waals surface area contributed by atoms with Crippen LogP contribution < -0.4 is 5.32 Å². The number of amides is 1. The van der Waals surface area contributed by atoms with Gasteiger partial charge in [0, 0.05) is 17.1 Å². The molecular weight excluding hydrogens is 321 g/mol. The fourth-order valence-electron chi connectivity index (χ4n) is 2.68. The molecule has 1 amide bonds. The number of carbonyl (C=O) groups excluding carboxylic acids is 1. The van der Waals surface area contributed by atoms with E-state index in [1.54, 1.807) is 0 Å². The van der Waals surface area contributed by atoms with E-state index in [4.69, 9.17) is 0 Å². The molecule has 1 N–H and O–H groups in total. The van der Waals surface area contributed by atoms with Crippen molar-refractivity contribution in [2.75, 3.05) is 5.32 Å². The minimum atomic E-state index is -0.479. The van der Waals surface area contributed by atoms with Crippen LogP contribution in [0.3, 0.4) is 0 Å². The summed E-state index contributed by atoms with van der Waals surface area (Å²) < 4.78 is 14.9. The van der Waals surface area contributed by atoms with Crippen molar-refractivity contribution in [3.8, 4) is 5.69 Å². The van der Waals surface area contributed by atoms with E-state index in [9.17, 15) is 9.18 Å². The molecule has 1 heterocycles. The summed E-state index contributed by atoms with van der Waals surface area (Å²) in [6, 6.07) is 17.2. The van der Waals surface area contributed by atoms with Crippen LogP contribution in [-0.4, -0.2) is 26.1 Å². The standard InChI is InChI=1S/C18H12FN5O/c19-13-8-9-15(17(10-13)24-11-20-22-23-24)18(25)21-16-7-3-5-12-4-1-2-6-14(12)16/h1-11H,(H,21,25). The lowest BCUT2D eigenvalue weighted by Crippen LogP contribution is -2.16. The zero-order valence-corrected chi connectivity index (χ0v) is 12.9. The molecule has 3 aromatic carbocycles. The number of tetrazole rings is 1. The molecule has 0 spiro atoms. The summed E-state index contributed by atoms with van der Waals surface area (Å²) in [4.78, 5) is 12.8. The van der Waals surface area contributed by atoms with Crippen molar-refractivity contribution < 1.29 is 9.18 Å². The van der Waals surface area contributed by atoms with Crippen molar-refractivity contribution in [1.29, 1.82) is 0 Å². The number of hydrogen-bond acceptors (Lipinski definition) is 4. The Morgan fingerprint density at radius 3 is 2.72 bits per heavy atom. The highest BCUT2D eigenvalue weighted by Crippen LogP contribution is 2.24. The topological polar surface area (TPSA) is 72.7 Å². The number of carbonyl (C=O) groups is 1. The maximum absolute atomic E-state index is 13.6. The number of aromatic nitrogens is 4. The third kappa shape index (κ3) is 2.83. The highest BCUT2D eigenvalue weighted by molar-refractivity contribution is 6.10. The highest BCUT2D eigenvalue weighted by atomic mass is 19.1. The molecule has 0 atom stereocenters. The summed E-state index contributed by atoms with van der Waals surface area (Å²) in [6.07, 6.45) is 1.31. The normalized spacial score (nSPS) is 10.8. The van der Waals surface area contributed by atoms with E-state index in [0.29, 0.717) is 5.69 Å². The van der Waals surface area contributed by atoms with Gasteiger partial charge in [0.1, 0.15) is 12.1 Å². The second kappa shape index (κ2) is 6.12. The molecule has 25 heavy (non-hydrogen) atoms. The van der Waals surface area contributed by atoms with E-state index in [-0.39, 0.29) is 17.2 Å². The van der Waals surface area contributed by atoms with Crippen molar-refractivity contribution in [3.05, 3.63) is 78.4 Å². The molecule has 0 unspecified atom stereocenters. The van der Waals surface area contributed by atoms with E-state index < -0.39 is 5.82 Å². The third-order valence-corrected chi connectivity index (χ3v) is 3.84. The molecule has 0 bridgehead atoms. The fraction of sp³-hybridized carbons (Fsp3) is 0. The lowest BCUT2D eigenvalue weighted by atomic mass is 10.1. The SMILES string of the molecule is O=C(Nc1cccc2ccccc12)c1ccc(F)cc1-n1cnnn1. The quantitative estimate of drug-likeness (QED) is 0.625. The molecule has 0 fully saturated rings. The van der Waals surface area contributed by atoms with Crippen LogP contribution in [0, 0.1) is 5.82 Å². The van der Waals surface area contributed by atoms with Crippen LogP contribution in [0.5, 0.6) is 0 Å². The molecule has 0 radical (unpaired) electrons. The van der Waals surface area contributed by atoms with Crippen LogP contribution in [0.1, 0.15) is 10.4 Å². The number of benzene rings is 3. The summed E-state index contributed by atoms with van der Waals surface area (Å²) >= 11 is 0. The first-order valence-corrected chi connectivity index (χ1v) is 7.54. The molecular formula is C18H12FN5O. The molecule has 0 aliphatic carbocycles. The first kappa shape index (κ1) is 14.9. The molecule has 0 aliphatic rings. The Morgan fingerprint density at radius 2 is 1.88 bits per heavy atom. The highest BCUT2D eigenvalue weighted by Gasteiger charge is 2.16. The van der Waals surface area contributed by atoms with Crippen molar-refractivity contribution in [2.24, 2.45) is 0 Å². The van der Waals surface area contributed by atoms with Gasteiger partial charge in [-0.2, -0.15) is 4.68 Å². The minimum Gasteiger partial charge on any atom is -0.321 e. The van der Waals surface area contributed by atoms with Gasteiger partial charge in [-0.05, 0) is 34.0 Å². The van der Waals surface area contributed by atoms with Crippen LogP contribution in [-0.2, 0) is 0 Å². The van der Waals surface area contributed by atoms with Crippen LogP contribution in [0.4, 0.5) is 10.1 Å². The Morgan fingerprint density at radius 1 is 1.04 bits per heavy atom. The fourth-order valence-corrected chi connectivity index (χ4v) is 2.68. The molecule has 0 saturated heterocycles. The molecule has 4 aromatic rings. The smallest absolute Gasteiger partial charge is 0.257 e. The van der Waals surface area contributed by atoms with Gasteiger partial charge >= 0.3 is 0 Å². The zero-order valence-electron chi connectivity index (χ0n) is 12.9. The maximum Gasteiger partial charge on any atom is 0.257 e. The van der Waals surface area contributed by atoms with Crippen molar-refractivity contribution in [3.63, 3.8) is 0 Å². The van der Waals surface area contributed by atoms with E-state index in [2.05, 4.69) is 20.8 Å². The van der Waals surface area contributed by atoms with Gasteiger partial charge in [-0.1, -0.05) is 36.4 Å². The minimum absolute atomic E-state index is 0.265. The summed E-state index contributed by atoms with van der Waals surface area (Å²) in [7, 11) is 0. The van der Waals surface area contributed by atoms with E-state index in [1.807, 2.05) is 42.5 Å². The first-order valence-electron chi connectivity index (χ1n) is 7.54. The van der Waals surface area contributed by atoms with Crippen molar-refractivity contribution in [2.45, 2.75) is 0 Å². The summed E-state index contributed by atoms with van der Waals surface area (Å²) in [6.45, 7) is 0. The van der Waals surface area contributed by atoms with Crippen LogP contribution in [0.25, 0.3) is 16.5 Å². The van der Waals surface area contributed by atoms with Gasteiger partial charge in [0.2, 0.25) is 0 Å². The van der Waals surface area contributed by atoms with E-state index in [0.717, 1.165) is 10.8 Å². The van der Waals surface area contributed by atoms with Crippen LogP contribution in [0.15, 0.2) is 67.0 Å². The lowest BCUT2D eigenvalue weighted by molar-refractivity contribution is 0.102. The van der Waals surface area contributed by atoms with Gasteiger partial charge in [0.15, 0.2) is 0 Å². The Kier molecular flexibility index (Phi) is 3.66. The van der Waals surface area contributed by atoms with Gasteiger partial charge in [0.25, 0.3) is 5.91 Å². The number of hydrogen-bond donors (Lipinski definition) is 1. The lowest BCUT2D eigenvalue weighted by Gasteiger charge is -2.11.